The quantitative estimate of drug-likeness (QED) is 0.816. The average molecular weight is 233 g/mol. The fraction of sp³-hybridized carbons (Fsp3) is 0.462. The van der Waals surface area contributed by atoms with Crippen LogP contribution in [-0.2, 0) is 4.79 Å². The molecule has 1 aromatic carbocycles. The molecule has 1 fully saturated rings. The Morgan fingerprint density at radius 1 is 1.24 bits per heavy atom. The molecule has 0 aromatic heterocycles. The number of benzene rings is 1. The van der Waals surface area contributed by atoms with Crippen molar-refractivity contribution in [2.75, 3.05) is 0 Å². The Kier molecular flexibility index (Phi) is 3.64. The van der Waals surface area contributed by atoms with Crippen LogP contribution in [0.3, 0.4) is 0 Å². The Balaban J connectivity index is 2.14. The molecule has 0 aliphatic heterocycles. The highest BCUT2D eigenvalue weighted by Gasteiger charge is 2.29. The van der Waals surface area contributed by atoms with Crippen LogP contribution in [0.2, 0.25) is 0 Å². The third-order valence-corrected chi connectivity index (χ3v) is 3.32. The van der Waals surface area contributed by atoms with Crippen molar-refractivity contribution >= 4 is 11.5 Å². The number of aliphatic hydroxyl groups excluding tert-OH is 1. The highest BCUT2D eigenvalue weighted by atomic mass is 16.3. The van der Waals surface area contributed by atoms with Gasteiger partial charge < -0.3 is 5.11 Å². The summed E-state index contributed by atoms with van der Waals surface area (Å²) in [7, 11) is 0. The molecule has 17 heavy (non-hydrogen) atoms. The van der Waals surface area contributed by atoms with Gasteiger partial charge in [-0.25, -0.2) is 0 Å². The normalized spacial score (nSPS) is 22.2. The maximum absolute atomic E-state index is 11.7. The molecular weight excluding hydrogens is 218 g/mol. The van der Waals surface area contributed by atoms with Crippen molar-refractivity contribution in [2.45, 2.75) is 31.8 Å². The third-order valence-electron chi connectivity index (χ3n) is 3.32. The highest BCUT2D eigenvalue weighted by Crippen LogP contribution is 2.32. The molecule has 0 bridgehead atoms. The van der Waals surface area contributed by atoms with Gasteiger partial charge in [0.2, 0.25) is 0 Å². The van der Waals surface area contributed by atoms with E-state index in [0.29, 0.717) is 17.7 Å². The van der Waals surface area contributed by atoms with E-state index in [1.54, 1.807) is 24.3 Å². The molecular formula is C13H15NO3. The number of carbonyl (C=O) groups is 1. The van der Waals surface area contributed by atoms with Gasteiger partial charge in [0.15, 0.2) is 0 Å². The van der Waals surface area contributed by atoms with Crippen LogP contribution in [0, 0.1) is 10.8 Å². The van der Waals surface area contributed by atoms with Crippen molar-refractivity contribution < 1.29 is 9.90 Å². The molecule has 1 aliphatic carbocycles. The molecule has 90 valence electrons. The predicted molar refractivity (Wildman–Crippen MR) is 63.8 cm³/mol. The lowest BCUT2D eigenvalue weighted by atomic mass is 9.82. The fourth-order valence-electron chi connectivity index (χ4n) is 2.31. The summed E-state index contributed by atoms with van der Waals surface area (Å²) in [4.78, 5) is 22.0. The number of hydrogen-bond donors (Lipinski definition) is 1. The van der Waals surface area contributed by atoms with E-state index in [1.165, 1.54) is 0 Å². The van der Waals surface area contributed by atoms with Gasteiger partial charge in [-0.1, -0.05) is 18.6 Å². The first kappa shape index (κ1) is 11.9. The maximum Gasteiger partial charge on any atom is 0.138 e. The van der Waals surface area contributed by atoms with Crippen molar-refractivity contribution in [3.63, 3.8) is 0 Å². The number of carbonyl (C=O) groups excluding carboxylic acids is 1. The Morgan fingerprint density at radius 2 is 1.94 bits per heavy atom. The van der Waals surface area contributed by atoms with Crippen molar-refractivity contribution in [2.24, 2.45) is 11.1 Å². The van der Waals surface area contributed by atoms with E-state index in [0.717, 1.165) is 19.3 Å². The summed E-state index contributed by atoms with van der Waals surface area (Å²) in [6.45, 7) is 0. The van der Waals surface area contributed by atoms with Crippen LogP contribution >= 0.6 is 0 Å². The van der Waals surface area contributed by atoms with Crippen LogP contribution in [0.25, 0.3) is 0 Å². The Labute approximate surface area is 99.6 Å². The second kappa shape index (κ2) is 5.19. The first-order valence-electron chi connectivity index (χ1n) is 5.86. The largest absolute Gasteiger partial charge is 0.388 e. The van der Waals surface area contributed by atoms with Crippen molar-refractivity contribution in [1.29, 1.82) is 0 Å². The summed E-state index contributed by atoms with van der Waals surface area (Å²) in [6, 6.07) is 6.42. The number of nitroso groups, excluding NO2 is 1. The first-order chi connectivity index (χ1) is 8.22. The summed E-state index contributed by atoms with van der Waals surface area (Å²) < 4.78 is 0. The van der Waals surface area contributed by atoms with Gasteiger partial charge in [0.1, 0.15) is 11.5 Å². The molecule has 4 heteroatoms. The molecule has 1 saturated carbocycles. The Hall–Kier alpha value is -1.55. The molecule has 0 radical (unpaired) electrons. The monoisotopic (exact) mass is 233 g/mol. The first-order valence-corrected chi connectivity index (χ1v) is 5.86. The summed E-state index contributed by atoms with van der Waals surface area (Å²) >= 11 is 0. The van der Waals surface area contributed by atoms with E-state index < -0.39 is 6.10 Å². The molecule has 1 N–H and O–H groups in total. The second-order valence-electron chi connectivity index (χ2n) is 4.45. The summed E-state index contributed by atoms with van der Waals surface area (Å²) in [5, 5.41) is 12.9. The van der Waals surface area contributed by atoms with E-state index in [4.69, 9.17) is 0 Å². The van der Waals surface area contributed by atoms with Crippen LogP contribution in [0.15, 0.2) is 29.4 Å². The summed E-state index contributed by atoms with van der Waals surface area (Å²) in [6.07, 6.45) is 2.46. The minimum Gasteiger partial charge on any atom is -0.388 e. The number of ketones is 1. The maximum atomic E-state index is 11.7. The molecule has 0 amide bonds. The second-order valence-corrected chi connectivity index (χ2v) is 4.45. The molecule has 0 saturated heterocycles. The van der Waals surface area contributed by atoms with Crippen LogP contribution in [0.4, 0.5) is 5.69 Å². The number of aliphatic hydroxyl groups is 1. The van der Waals surface area contributed by atoms with E-state index >= 15 is 0 Å². The van der Waals surface area contributed by atoms with Gasteiger partial charge in [0, 0.05) is 12.3 Å². The molecule has 1 aromatic rings. The van der Waals surface area contributed by atoms with Crippen molar-refractivity contribution in [1.82, 2.24) is 0 Å². The van der Waals surface area contributed by atoms with Crippen LogP contribution in [0.1, 0.15) is 37.4 Å². The molecule has 0 unspecified atom stereocenters. The van der Waals surface area contributed by atoms with Crippen molar-refractivity contribution in [3.8, 4) is 0 Å². The molecule has 4 nitrogen and oxygen atoms in total. The molecule has 2 atom stereocenters. The molecule has 0 heterocycles. The Bertz CT molecular complexity index is 413. The smallest absolute Gasteiger partial charge is 0.138 e. The van der Waals surface area contributed by atoms with Crippen LogP contribution in [0.5, 0.6) is 0 Å². The van der Waals surface area contributed by atoms with Gasteiger partial charge in [0.25, 0.3) is 0 Å². The molecule has 2 rings (SSSR count). The topological polar surface area (TPSA) is 66.7 Å². The lowest BCUT2D eigenvalue weighted by molar-refractivity contribution is -0.128. The number of Topliss-reactive ketones (excluding diaryl/α,β-unsaturated/α-hetero) is 1. The van der Waals surface area contributed by atoms with Gasteiger partial charge in [0.05, 0.1) is 6.10 Å². The van der Waals surface area contributed by atoms with E-state index in [2.05, 4.69) is 5.18 Å². The van der Waals surface area contributed by atoms with E-state index in [9.17, 15) is 14.8 Å². The van der Waals surface area contributed by atoms with Gasteiger partial charge >= 0.3 is 0 Å². The highest BCUT2D eigenvalue weighted by molar-refractivity contribution is 5.82. The summed E-state index contributed by atoms with van der Waals surface area (Å²) in [5.74, 6) is -0.153. The fourth-order valence-corrected chi connectivity index (χ4v) is 2.31. The standard InChI is InChI=1S/C13H15NO3/c15-12-4-2-1-3-11(12)13(16)9-5-7-10(14-17)8-6-9/h5-8,11,13,16H,1-4H2/t11-,13-/m0/s1. The summed E-state index contributed by atoms with van der Waals surface area (Å²) in [5.41, 5.74) is 1.01. The van der Waals surface area contributed by atoms with Gasteiger partial charge in [-0.3, -0.25) is 4.79 Å². The van der Waals surface area contributed by atoms with E-state index in [-0.39, 0.29) is 11.7 Å². The van der Waals surface area contributed by atoms with Gasteiger partial charge in [-0.05, 0) is 35.7 Å². The van der Waals surface area contributed by atoms with Crippen LogP contribution < -0.4 is 0 Å². The number of rotatable bonds is 3. The third kappa shape index (κ3) is 2.58. The average Bonchev–Trinajstić information content (AvgIpc) is 2.39. The minimum absolute atomic E-state index is 0.140. The number of nitrogens with zero attached hydrogens (tertiary/aromatic N) is 1. The lowest BCUT2D eigenvalue weighted by Crippen LogP contribution is -2.25. The van der Waals surface area contributed by atoms with Crippen molar-refractivity contribution in [3.05, 3.63) is 34.7 Å². The Morgan fingerprint density at radius 3 is 2.53 bits per heavy atom. The predicted octanol–water partition coefficient (Wildman–Crippen LogP) is 2.88. The zero-order valence-electron chi connectivity index (χ0n) is 9.50. The van der Waals surface area contributed by atoms with Crippen LogP contribution in [-0.4, -0.2) is 10.9 Å². The zero-order chi connectivity index (χ0) is 12.3. The van der Waals surface area contributed by atoms with E-state index in [1.807, 2.05) is 0 Å². The minimum atomic E-state index is -0.761. The molecule has 0 spiro atoms. The zero-order valence-corrected chi connectivity index (χ0v) is 9.50. The van der Waals surface area contributed by atoms with Gasteiger partial charge in [-0.15, -0.1) is 4.91 Å². The lowest BCUT2D eigenvalue weighted by Gasteiger charge is -2.25. The molecule has 1 aliphatic rings. The SMILES string of the molecule is O=Nc1ccc([C@H](O)[C@H]2CCCCC2=O)cc1. The van der Waals surface area contributed by atoms with Gasteiger partial charge in [-0.2, -0.15) is 0 Å². The number of hydrogen-bond acceptors (Lipinski definition) is 4.